The minimum Gasteiger partial charge on any atom is -0.454 e. The zero-order valence-electron chi connectivity index (χ0n) is 19.3. The predicted molar refractivity (Wildman–Crippen MR) is 124 cm³/mol. The first-order valence-corrected chi connectivity index (χ1v) is 13.1. The molecule has 2 saturated heterocycles. The number of hydrogen-bond donors (Lipinski definition) is 1. The molecule has 0 bridgehead atoms. The van der Waals surface area contributed by atoms with Gasteiger partial charge in [0.1, 0.15) is 6.54 Å². The van der Waals surface area contributed by atoms with Crippen molar-refractivity contribution in [1.82, 2.24) is 9.21 Å². The third-order valence-corrected chi connectivity index (χ3v) is 8.71. The van der Waals surface area contributed by atoms with Gasteiger partial charge in [0.05, 0.1) is 44.3 Å². The van der Waals surface area contributed by atoms with Gasteiger partial charge in [-0.15, -0.1) is 0 Å². The fraction of sp³-hybridized carbons (Fsp3) is 0.458. The standard InChI is InChI=1S/C24H29N3O6S/c1-18-2-4-20(15-23(18)34(29,30)27-10-12-31-13-11-27)24(28)26-8-6-25(7-9-26)16-19-3-5-21-22(14-19)33-17-32-21/h2-5,14-15H,6-13,16-17H2,1H3/p+1. The maximum Gasteiger partial charge on any atom is 0.254 e. The Morgan fingerprint density at radius 2 is 1.71 bits per heavy atom. The van der Waals surface area contributed by atoms with Crippen LogP contribution in [0.2, 0.25) is 0 Å². The first-order chi connectivity index (χ1) is 16.4. The van der Waals surface area contributed by atoms with Crippen molar-refractivity contribution >= 4 is 15.9 Å². The summed E-state index contributed by atoms with van der Waals surface area (Å²) in [6.45, 7) is 7.20. The van der Waals surface area contributed by atoms with Gasteiger partial charge in [-0.1, -0.05) is 6.07 Å². The van der Waals surface area contributed by atoms with E-state index in [1.54, 1.807) is 19.1 Å². The van der Waals surface area contributed by atoms with Crippen LogP contribution in [-0.4, -0.2) is 82.8 Å². The zero-order valence-corrected chi connectivity index (χ0v) is 20.1. The molecule has 3 heterocycles. The molecule has 0 spiro atoms. The van der Waals surface area contributed by atoms with E-state index in [1.165, 1.54) is 20.8 Å². The highest BCUT2D eigenvalue weighted by molar-refractivity contribution is 7.89. The number of amides is 1. The third-order valence-electron chi connectivity index (χ3n) is 6.67. The van der Waals surface area contributed by atoms with E-state index in [0.717, 1.165) is 31.1 Å². The number of morpholine rings is 1. The minimum atomic E-state index is -3.67. The quantitative estimate of drug-likeness (QED) is 0.651. The lowest BCUT2D eigenvalue weighted by molar-refractivity contribution is -0.917. The number of sulfonamides is 1. The predicted octanol–water partition coefficient (Wildman–Crippen LogP) is 0.286. The van der Waals surface area contributed by atoms with Crippen molar-refractivity contribution in [2.24, 2.45) is 0 Å². The number of nitrogens with zero attached hydrogens (tertiary/aromatic N) is 2. The molecule has 2 fully saturated rings. The Kier molecular flexibility index (Phi) is 6.48. The fourth-order valence-corrected chi connectivity index (χ4v) is 6.32. The summed E-state index contributed by atoms with van der Waals surface area (Å²) in [5.74, 6) is 1.44. The van der Waals surface area contributed by atoms with E-state index >= 15 is 0 Å². The zero-order chi connectivity index (χ0) is 23.7. The summed E-state index contributed by atoms with van der Waals surface area (Å²) in [5, 5.41) is 0. The fourth-order valence-electron chi connectivity index (χ4n) is 4.66. The van der Waals surface area contributed by atoms with Crippen LogP contribution in [0, 0.1) is 6.92 Å². The van der Waals surface area contributed by atoms with E-state index < -0.39 is 10.0 Å². The van der Waals surface area contributed by atoms with Crippen molar-refractivity contribution in [3.05, 3.63) is 53.1 Å². The van der Waals surface area contributed by atoms with Gasteiger partial charge in [-0.3, -0.25) is 4.79 Å². The molecule has 34 heavy (non-hydrogen) atoms. The van der Waals surface area contributed by atoms with Gasteiger partial charge in [-0.2, -0.15) is 4.31 Å². The smallest absolute Gasteiger partial charge is 0.254 e. The summed E-state index contributed by atoms with van der Waals surface area (Å²) < 4.78 is 43.9. The molecular weight excluding hydrogens is 458 g/mol. The van der Waals surface area contributed by atoms with Crippen LogP contribution in [0.1, 0.15) is 21.5 Å². The molecule has 182 valence electrons. The normalized spacial score (nSPS) is 19.4. The summed E-state index contributed by atoms with van der Waals surface area (Å²) in [7, 11) is -3.67. The summed E-state index contributed by atoms with van der Waals surface area (Å²) in [4.78, 5) is 16.6. The Labute approximate surface area is 199 Å². The van der Waals surface area contributed by atoms with Gasteiger partial charge in [0, 0.05) is 24.2 Å². The average molecular weight is 489 g/mol. The molecule has 2 aromatic rings. The van der Waals surface area contributed by atoms with Crippen molar-refractivity contribution < 1.29 is 32.3 Å². The van der Waals surface area contributed by atoms with Gasteiger partial charge in [0.25, 0.3) is 5.91 Å². The molecule has 0 atom stereocenters. The number of piperazine rings is 1. The first kappa shape index (κ1) is 23.1. The molecule has 10 heteroatoms. The first-order valence-electron chi connectivity index (χ1n) is 11.6. The Morgan fingerprint density at radius 3 is 2.47 bits per heavy atom. The molecule has 1 N–H and O–H groups in total. The van der Waals surface area contributed by atoms with Gasteiger partial charge >= 0.3 is 0 Å². The summed E-state index contributed by atoms with van der Waals surface area (Å²) in [6, 6.07) is 11.0. The number of carbonyl (C=O) groups is 1. The number of hydrogen-bond acceptors (Lipinski definition) is 6. The Hall–Kier alpha value is -2.66. The topological polar surface area (TPSA) is 89.8 Å². The second-order valence-corrected chi connectivity index (χ2v) is 10.8. The average Bonchev–Trinajstić information content (AvgIpc) is 3.33. The molecular formula is C24H30N3O6S+. The van der Waals surface area contributed by atoms with E-state index in [4.69, 9.17) is 14.2 Å². The van der Waals surface area contributed by atoms with E-state index in [-0.39, 0.29) is 17.6 Å². The highest BCUT2D eigenvalue weighted by Crippen LogP contribution is 2.32. The largest absolute Gasteiger partial charge is 0.454 e. The SMILES string of the molecule is Cc1ccc(C(=O)N2CC[NH+](Cc3ccc4c(c3)OCO4)CC2)cc1S(=O)(=O)N1CCOCC1. The molecule has 9 nitrogen and oxygen atoms in total. The van der Waals surface area contributed by atoms with Crippen LogP contribution in [0.4, 0.5) is 0 Å². The highest BCUT2D eigenvalue weighted by Gasteiger charge is 2.30. The van der Waals surface area contributed by atoms with Crippen LogP contribution in [0.15, 0.2) is 41.3 Å². The van der Waals surface area contributed by atoms with Crippen LogP contribution in [0.3, 0.4) is 0 Å². The van der Waals surface area contributed by atoms with Gasteiger partial charge in [0.2, 0.25) is 16.8 Å². The van der Waals surface area contributed by atoms with E-state index in [0.29, 0.717) is 50.5 Å². The lowest BCUT2D eigenvalue weighted by Gasteiger charge is -2.32. The summed E-state index contributed by atoms with van der Waals surface area (Å²) >= 11 is 0. The molecule has 0 radical (unpaired) electrons. The van der Waals surface area contributed by atoms with E-state index in [1.807, 2.05) is 17.0 Å². The van der Waals surface area contributed by atoms with Gasteiger partial charge in [-0.25, -0.2) is 8.42 Å². The van der Waals surface area contributed by atoms with Crippen molar-refractivity contribution in [1.29, 1.82) is 0 Å². The molecule has 0 saturated carbocycles. The molecule has 3 aliphatic rings. The third kappa shape index (κ3) is 4.63. The number of nitrogens with one attached hydrogen (secondary N) is 1. The molecule has 0 aliphatic carbocycles. The van der Waals surface area contributed by atoms with Gasteiger partial charge < -0.3 is 24.0 Å². The van der Waals surface area contributed by atoms with Crippen molar-refractivity contribution in [2.75, 3.05) is 59.3 Å². The van der Waals surface area contributed by atoms with E-state index in [9.17, 15) is 13.2 Å². The second-order valence-electron chi connectivity index (χ2n) is 8.90. The van der Waals surface area contributed by atoms with E-state index in [2.05, 4.69) is 6.07 Å². The molecule has 5 rings (SSSR count). The second kappa shape index (κ2) is 9.53. The van der Waals surface area contributed by atoms with Crippen LogP contribution >= 0.6 is 0 Å². The Bertz CT molecular complexity index is 1170. The summed E-state index contributed by atoms with van der Waals surface area (Å²) in [6.07, 6.45) is 0. The van der Waals surface area contributed by atoms with Crippen LogP contribution in [-0.2, 0) is 21.3 Å². The van der Waals surface area contributed by atoms with Gasteiger partial charge in [-0.05, 0) is 42.8 Å². The van der Waals surface area contributed by atoms with Crippen molar-refractivity contribution in [3.63, 3.8) is 0 Å². The number of benzene rings is 2. The number of fused-ring (bicyclic) bond motifs is 1. The Morgan fingerprint density at radius 1 is 0.971 bits per heavy atom. The molecule has 1 amide bonds. The lowest BCUT2D eigenvalue weighted by Crippen LogP contribution is -3.13. The number of ether oxygens (including phenoxy) is 3. The monoisotopic (exact) mass is 488 g/mol. The maximum atomic E-state index is 13.2. The maximum absolute atomic E-state index is 13.2. The Balaban J connectivity index is 1.23. The summed E-state index contributed by atoms with van der Waals surface area (Å²) in [5.41, 5.74) is 2.23. The van der Waals surface area contributed by atoms with Crippen LogP contribution in [0.25, 0.3) is 0 Å². The lowest BCUT2D eigenvalue weighted by atomic mass is 10.1. The number of quaternary nitrogens is 1. The minimum absolute atomic E-state index is 0.124. The number of carbonyl (C=O) groups excluding carboxylic acids is 1. The van der Waals surface area contributed by atoms with Gasteiger partial charge in [0.15, 0.2) is 11.5 Å². The number of aryl methyl sites for hydroxylation is 1. The molecule has 0 aromatic heterocycles. The van der Waals surface area contributed by atoms with Crippen molar-refractivity contribution in [2.45, 2.75) is 18.4 Å². The van der Waals surface area contributed by atoms with Crippen LogP contribution < -0.4 is 14.4 Å². The molecule has 2 aromatic carbocycles. The highest BCUT2D eigenvalue weighted by atomic mass is 32.2. The number of rotatable bonds is 5. The van der Waals surface area contributed by atoms with Crippen molar-refractivity contribution in [3.8, 4) is 11.5 Å². The molecule has 0 unspecified atom stereocenters. The molecule has 3 aliphatic heterocycles. The van der Waals surface area contributed by atoms with Crippen LogP contribution in [0.5, 0.6) is 11.5 Å².